The second kappa shape index (κ2) is 4.07. The molecule has 0 amide bonds. The van der Waals surface area contributed by atoms with Crippen molar-refractivity contribution in [2.24, 2.45) is 0 Å². The first-order valence-electron chi connectivity index (χ1n) is 4.65. The molecule has 0 spiro atoms. The summed E-state index contributed by atoms with van der Waals surface area (Å²) in [6.45, 7) is 3.41. The Labute approximate surface area is 70.0 Å². The average molecular weight is 156 g/mol. The summed E-state index contributed by atoms with van der Waals surface area (Å²) >= 11 is 0. The molecule has 0 aromatic rings. The summed E-state index contributed by atoms with van der Waals surface area (Å²) in [6, 6.07) is 1.60. The minimum absolute atomic E-state index is 0.772. The lowest BCUT2D eigenvalue weighted by Gasteiger charge is -2.22. The summed E-state index contributed by atoms with van der Waals surface area (Å²) in [5, 5.41) is 3.35. The minimum atomic E-state index is 0.772. The van der Waals surface area contributed by atoms with Crippen molar-refractivity contribution >= 4 is 0 Å². The molecule has 2 nitrogen and oxygen atoms in total. The van der Waals surface area contributed by atoms with Crippen LogP contribution in [0.4, 0.5) is 0 Å². The van der Waals surface area contributed by atoms with Crippen molar-refractivity contribution in [3.05, 3.63) is 0 Å². The van der Waals surface area contributed by atoms with Gasteiger partial charge in [0.25, 0.3) is 0 Å². The van der Waals surface area contributed by atoms with Crippen molar-refractivity contribution in [3.63, 3.8) is 0 Å². The molecule has 0 bridgehead atoms. The second-order valence-corrected chi connectivity index (χ2v) is 3.53. The molecular weight excluding hydrogens is 136 g/mol. The van der Waals surface area contributed by atoms with Gasteiger partial charge in [0.15, 0.2) is 0 Å². The van der Waals surface area contributed by atoms with E-state index in [1.807, 2.05) is 0 Å². The Balaban J connectivity index is 2.29. The molecule has 0 saturated heterocycles. The lowest BCUT2D eigenvalue weighted by Crippen LogP contribution is -2.31. The number of hydrogen-bond acceptors (Lipinski definition) is 2. The Morgan fingerprint density at radius 1 is 1.45 bits per heavy atom. The fraction of sp³-hybridized carbons (Fsp3) is 1.00. The van der Waals surface area contributed by atoms with E-state index in [2.05, 4.69) is 31.2 Å². The van der Waals surface area contributed by atoms with Crippen LogP contribution in [0, 0.1) is 0 Å². The van der Waals surface area contributed by atoms with E-state index in [0.29, 0.717) is 0 Å². The predicted octanol–water partition coefficient (Wildman–Crippen LogP) is 1.08. The molecule has 11 heavy (non-hydrogen) atoms. The molecule has 0 heterocycles. The van der Waals surface area contributed by atoms with Gasteiger partial charge in [0, 0.05) is 12.1 Å². The predicted molar refractivity (Wildman–Crippen MR) is 48.8 cm³/mol. The Kier molecular flexibility index (Phi) is 3.34. The van der Waals surface area contributed by atoms with Crippen LogP contribution in [-0.2, 0) is 0 Å². The van der Waals surface area contributed by atoms with Crippen molar-refractivity contribution in [1.82, 2.24) is 10.2 Å². The van der Waals surface area contributed by atoms with Crippen LogP contribution in [0.3, 0.4) is 0 Å². The van der Waals surface area contributed by atoms with Gasteiger partial charge in [-0.1, -0.05) is 6.92 Å². The van der Waals surface area contributed by atoms with E-state index in [9.17, 15) is 0 Å². The molecule has 66 valence electrons. The fourth-order valence-electron chi connectivity index (χ4n) is 1.88. The van der Waals surface area contributed by atoms with Gasteiger partial charge in [-0.05, 0) is 39.9 Å². The van der Waals surface area contributed by atoms with E-state index in [4.69, 9.17) is 0 Å². The van der Waals surface area contributed by atoms with Crippen molar-refractivity contribution in [1.29, 1.82) is 0 Å². The number of rotatable bonds is 3. The standard InChI is InChI=1S/C9H20N2/c1-4-11(3)9-6-5-8(7-9)10-2/h8-10H,4-7H2,1-3H3. The van der Waals surface area contributed by atoms with Crippen LogP contribution < -0.4 is 5.32 Å². The molecule has 0 aromatic carbocycles. The molecule has 1 saturated carbocycles. The highest BCUT2D eigenvalue weighted by atomic mass is 15.1. The van der Waals surface area contributed by atoms with E-state index < -0.39 is 0 Å². The third-order valence-electron chi connectivity index (χ3n) is 2.94. The first-order chi connectivity index (χ1) is 5.27. The third-order valence-corrected chi connectivity index (χ3v) is 2.94. The molecule has 0 aliphatic heterocycles. The molecule has 2 unspecified atom stereocenters. The van der Waals surface area contributed by atoms with E-state index in [1.165, 1.54) is 25.8 Å². The number of hydrogen-bond donors (Lipinski definition) is 1. The molecular formula is C9H20N2. The normalized spacial score (nSPS) is 31.6. The molecule has 1 aliphatic rings. The molecule has 1 aliphatic carbocycles. The summed E-state index contributed by atoms with van der Waals surface area (Å²) < 4.78 is 0. The van der Waals surface area contributed by atoms with Gasteiger partial charge in [-0.15, -0.1) is 0 Å². The average Bonchev–Trinajstić information content (AvgIpc) is 2.50. The first kappa shape index (κ1) is 9.01. The van der Waals surface area contributed by atoms with Gasteiger partial charge in [0.05, 0.1) is 0 Å². The summed E-state index contributed by atoms with van der Waals surface area (Å²) in [5.41, 5.74) is 0. The van der Waals surface area contributed by atoms with Gasteiger partial charge in [-0.2, -0.15) is 0 Å². The fourth-order valence-corrected chi connectivity index (χ4v) is 1.88. The minimum Gasteiger partial charge on any atom is -0.317 e. The largest absolute Gasteiger partial charge is 0.317 e. The van der Waals surface area contributed by atoms with Crippen molar-refractivity contribution in [2.45, 2.75) is 38.3 Å². The van der Waals surface area contributed by atoms with Crippen molar-refractivity contribution < 1.29 is 0 Å². The Morgan fingerprint density at radius 3 is 2.64 bits per heavy atom. The smallest absolute Gasteiger partial charge is 0.0107 e. The van der Waals surface area contributed by atoms with Gasteiger partial charge in [-0.25, -0.2) is 0 Å². The summed E-state index contributed by atoms with van der Waals surface area (Å²) in [5.74, 6) is 0. The van der Waals surface area contributed by atoms with Crippen LogP contribution in [0.25, 0.3) is 0 Å². The number of nitrogens with zero attached hydrogens (tertiary/aromatic N) is 1. The van der Waals surface area contributed by atoms with Crippen LogP contribution in [-0.4, -0.2) is 37.6 Å². The third kappa shape index (κ3) is 2.17. The Bertz CT molecular complexity index is 114. The van der Waals surface area contributed by atoms with Gasteiger partial charge in [0.1, 0.15) is 0 Å². The maximum absolute atomic E-state index is 3.35. The van der Waals surface area contributed by atoms with Gasteiger partial charge < -0.3 is 10.2 Å². The zero-order valence-corrected chi connectivity index (χ0v) is 7.93. The zero-order chi connectivity index (χ0) is 8.27. The van der Waals surface area contributed by atoms with Gasteiger partial charge in [0.2, 0.25) is 0 Å². The summed E-state index contributed by atoms with van der Waals surface area (Å²) in [7, 11) is 4.29. The highest BCUT2D eigenvalue weighted by molar-refractivity contribution is 4.84. The van der Waals surface area contributed by atoms with Crippen LogP contribution in [0.2, 0.25) is 0 Å². The maximum Gasteiger partial charge on any atom is 0.0107 e. The van der Waals surface area contributed by atoms with Crippen molar-refractivity contribution in [3.8, 4) is 0 Å². The maximum atomic E-state index is 3.35. The SMILES string of the molecule is CCN(C)C1CCC(NC)C1. The zero-order valence-electron chi connectivity index (χ0n) is 7.93. The van der Waals surface area contributed by atoms with Crippen LogP contribution >= 0.6 is 0 Å². The first-order valence-corrected chi connectivity index (χ1v) is 4.65. The van der Waals surface area contributed by atoms with E-state index in [0.717, 1.165) is 12.1 Å². The van der Waals surface area contributed by atoms with Crippen LogP contribution in [0.1, 0.15) is 26.2 Å². The monoisotopic (exact) mass is 156 g/mol. The molecule has 1 rings (SSSR count). The van der Waals surface area contributed by atoms with Gasteiger partial charge in [-0.3, -0.25) is 0 Å². The lowest BCUT2D eigenvalue weighted by atomic mass is 10.2. The Hall–Kier alpha value is -0.0800. The topological polar surface area (TPSA) is 15.3 Å². The van der Waals surface area contributed by atoms with E-state index >= 15 is 0 Å². The molecule has 1 fully saturated rings. The highest BCUT2D eigenvalue weighted by Gasteiger charge is 2.25. The number of nitrogens with one attached hydrogen (secondary N) is 1. The molecule has 2 atom stereocenters. The van der Waals surface area contributed by atoms with Crippen molar-refractivity contribution in [2.75, 3.05) is 20.6 Å². The van der Waals surface area contributed by atoms with E-state index in [-0.39, 0.29) is 0 Å². The summed E-state index contributed by atoms with van der Waals surface area (Å²) in [6.07, 6.45) is 4.06. The van der Waals surface area contributed by atoms with Gasteiger partial charge >= 0.3 is 0 Å². The molecule has 1 N–H and O–H groups in total. The molecule has 2 heteroatoms. The molecule has 0 radical (unpaired) electrons. The molecule has 0 aromatic heterocycles. The quantitative estimate of drug-likeness (QED) is 0.658. The van der Waals surface area contributed by atoms with Crippen LogP contribution in [0.15, 0.2) is 0 Å². The summed E-state index contributed by atoms with van der Waals surface area (Å²) in [4.78, 5) is 2.46. The van der Waals surface area contributed by atoms with Crippen LogP contribution in [0.5, 0.6) is 0 Å². The van der Waals surface area contributed by atoms with E-state index in [1.54, 1.807) is 0 Å². The highest BCUT2D eigenvalue weighted by Crippen LogP contribution is 2.22. The lowest BCUT2D eigenvalue weighted by molar-refractivity contribution is 0.255. The Morgan fingerprint density at radius 2 is 2.18 bits per heavy atom. The second-order valence-electron chi connectivity index (χ2n) is 3.53.